The summed E-state index contributed by atoms with van der Waals surface area (Å²) in [5.41, 5.74) is 2.49. The summed E-state index contributed by atoms with van der Waals surface area (Å²) in [6.45, 7) is 10.1. The van der Waals surface area contributed by atoms with Crippen LogP contribution in [0.25, 0.3) is 0 Å². The van der Waals surface area contributed by atoms with Crippen molar-refractivity contribution in [3.05, 3.63) is 29.8 Å². The fourth-order valence-corrected chi connectivity index (χ4v) is 3.10. The molecule has 3 heteroatoms. The standard InChI is InChI=1S/C18H28N2O/c1-4-19(17-9-5-7-15(2)13-17)12-10-18(21)20-11-6-8-16(3)14-20/h5,7,9,13,16H,4,6,8,10-12,14H2,1-3H3. The van der Waals surface area contributed by atoms with Gasteiger partial charge in [0.15, 0.2) is 0 Å². The number of likely N-dealkylation sites (tertiary alicyclic amines) is 1. The zero-order valence-corrected chi connectivity index (χ0v) is 13.6. The summed E-state index contributed by atoms with van der Waals surface area (Å²) in [5.74, 6) is 0.967. The number of nitrogens with zero attached hydrogens (tertiary/aromatic N) is 2. The summed E-state index contributed by atoms with van der Waals surface area (Å²) in [5, 5.41) is 0. The molecule has 1 atom stereocenters. The average Bonchev–Trinajstić information content (AvgIpc) is 2.48. The SMILES string of the molecule is CCN(CCC(=O)N1CCCC(C)C1)c1cccc(C)c1. The van der Waals surface area contributed by atoms with Gasteiger partial charge in [-0.1, -0.05) is 19.1 Å². The first-order chi connectivity index (χ1) is 10.1. The van der Waals surface area contributed by atoms with Gasteiger partial charge < -0.3 is 9.80 Å². The van der Waals surface area contributed by atoms with Crippen molar-refractivity contribution in [2.45, 2.75) is 40.0 Å². The van der Waals surface area contributed by atoms with Gasteiger partial charge in [0.25, 0.3) is 0 Å². The van der Waals surface area contributed by atoms with Crippen LogP contribution in [-0.4, -0.2) is 37.0 Å². The van der Waals surface area contributed by atoms with Crippen LogP contribution in [0.2, 0.25) is 0 Å². The van der Waals surface area contributed by atoms with Crippen molar-refractivity contribution in [2.24, 2.45) is 5.92 Å². The van der Waals surface area contributed by atoms with Gasteiger partial charge in [0.1, 0.15) is 0 Å². The molecule has 0 saturated carbocycles. The van der Waals surface area contributed by atoms with Crippen LogP contribution in [0.15, 0.2) is 24.3 Å². The molecule has 1 unspecified atom stereocenters. The number of carbonyl (C=O) groups excluding carboxylic acids is 1. The highest BCUT2D eigenvalue weighted by molar-refractivity contribution is 5.77. The molecule has 0 bridgehead atoms. The van der Waals surface area contributed by atoms with E-state index < -0.39 is 0 Å². The Kier molecular flexibility index (Phi) is 5.66. The van der Waals surface area contributed by atoms with Gasteiger partial charge in [-0.15, -0.1) is 0 Å². The molecule has 0 radical (unpaired) electrons. The molecule has 1 aromatic carbocycles. The quantitative estimate of drug-likeness (QED) is 0.828. The molecule has 0 N–H and O–H groups in total. The fraction of sp³-hybridized carbons (Fsp3) is 0.611. The van der Waals surface area contributed by atoms with E-state index in [2.05, 4.69) is 54.8 Å². The second-order valence-corrected chi connectivity index (χ2v) is 6.26. The number of hydrogen-bond donors (Lipinski definition) is 0. The van der Waals surface area contributed by atoms with E-state index in [0.29, 0.717) is 18.2 Å². The maximum absolute atomic E-state index is 12.4. The molecular weight excluding hydrogens is 260 g/mol. The Bertz CT molecular complexity index is 472. The Hall–Kier alpha value is -1.51. The predicted octanol–water partition coefficient (Wildman–Crippen LogP) is 3.47. The Balaban J connectivity index is 1.89. The van der Waals surface area contributed by atoms with Gasteiger partial charge in [0.05, 0.1) is 0 Å². The molecule has 1 heterocycles. The number of rotatable bonds is 5. The van der Waals surface area contributed by atoms with Crippen molar-refractivity contribution >= 4 is 11.6 Å². The molecule has 1 fully saturated rings. The topological polar surface area (TPSA) is 23.6 Å². The largest absolute Gasteiger partial charge is 0.371 e. The maximum atomic E-state index is 12.4. The van der Waals surface area contributed by atoms with Crippen molar-refractivity contribution in [2.75, 3.05) is 31.1 Å². The van der Waals surface area contributed by atoms with E-state index in [1.54, 1.807) is 0 Å². The van der Waals surface area contributed by atoms with Gasteiger partial charge in [-0.25, -0.2) is 0 Å². The highest BCUT2D eigenvalue weighted by Crippen LogP contribution is 2.18. The van der Waals surface area contributed by atoms with Gasteiger partial charge in [-0.2, -0.15) is 0 Å². The summed E-state index contributed by atoms with van der Waals surface area (Å²) in [6, 6.07) is 8.51. The summed E-state index contributed by atoms with van der Waals surface area (Å²) in [4.78, 5) is 16.7. The number of anilines is 1. The van der Waals surface area contributed by atoms with E-state index in [1.807, 2.05) is 0 Å². The number of amides is 1. The lowest BCUT2D eigenvalue weighted by Crippen LogP contribution is -2.40. The third-order valence-electron chi connectivity index (χ3n) is 4.35. The van der Waals surface area contributed by atoms with Crippen LogP contribution in [0, 0.1) is 12.8 Å². The van der Waals surface area contributed by atoms with Crippen molar-refractivity contribution in [1.82, 2.24) is 4.90 Å². The average molecular weight is 288 g/mol. The predicted molar refractivity (Wildman–Crippen MR) is 88.7 cm³/mol. The molecular formula is C18H28N2O. The van der Waals surface area contributed by atoms with Gasteiger partial charge in [-0.05, 0) is 50.3 Å². The fourth-order valence-electron chi connectivity index (χ4n) is 3.10. The number of piperidine rings is 1. The molecule has 3 nitrogen and oxygen atoms in total. The minimum Gasteiger partial charge on any atom is -0.371 e. The van der Waals surface area contributed by atoms with Crippen LogP contribution < -0.4 is 4.90 Å². The first-order valence-corrected chi connectivity index (χ1v) is 8.19. The van der Waals surface area contributed by atoms with Crippen LogP contribution in [0.1, 0.15) is 38.7 Å². The first kappa shape index (κ1) is 15.9. The second-order valence-electron chi connectivity index (χ2n) is 6.26. The summed E-state index contributed by atoms with van der Waals surface area (Å²) in [7, 11) is 0. The van der Waals surface area contributed by atoms with Crippen LogP contribution in [0.3, 0.4) is 0 Å². The zero-order valence-electron chi connectivity index (χ0n) is 13.6. The number of benzene rings is 1. The molecule has 0 aromatic heterocycles. The minimum atomic E-state index is 0.313. The minimum absolute atomic E-state index is 0.313. The maximum Gasteiger partial charge on any atom is 0.224 e. The smallest absolute Gasteiger partial charge is 0.224 e. The van der Waals surface area contributed by atoms with Crippen LogP contribution >= 0.6 is 0 Å². The van der Waals surface area contributed by atoms with E-state index in [0.717, 1.165) is 32.6 Å². The molecule has 0 aliphatic carbocycles. The molecule has 1 aliphatic rings. The van der Waals surface area contributed by atoms with Crippen LogP contribution in [0.4, 0.5) is 5.69 Å². The van der Waals surface area contributed by atoms with Crippen LogP contribution in [-0.2, 0) is 4.79 Å². The van der Waals surface area contributed by atoms with Crippen molar-refractivity contribution in [3.63, 3.8) is 0 Å². The van der Waals surface area contributed by atoms with E-state index in [4.69, 9.17) is 0 Å². The molecule has 1 saturated heterocycles. The van der Waals surface area contributed by atoms with E-state index in [9.17, 15) is 4.79 Å². The molecule has 21 heavy (non-hydrogen) atoms. The summed E-state index contributed by atoms with van der Waals surface area (Å²) < 4.78 is 0. The Morgan fingerprint density at radius 2 is 2.24 bits per heavy atom. The number of aryl methyl sites for hydroxylation is 1. The van der Waals surface area contributed by atoms with E-state index in [-0.39, 0.29) is 0 Å². The highest BCUT2D eigenvalue weighted by atomic mass is 16.2. The zero-order chi connectivity index (χ0) is 15.2. The van der Waals surface area contributed by atoms with Gasteiger partial charge in [-0.3, -0.25) is 4.79 Å². The van der Waals surface area contributed by atoms with E-state index in [1.165, 1.54) is 17.7 Å². The van der Waals surface area contributed by atoms with Crippen LogP contribution in [0.5, 0.6) is 0 Å². The Morgan fingerprint density at radius 1 is 1.43 bits per heavy atom. The molecule has 1 amide bonds. The normalized spacial score (nSPS) is 18.6. The molecule has 116 valence electrons. The third kappa shape index (κ3) is 4.48. The molecule has 1 aliphatic heterocycles. The monoisotopic (exact) mass is 288 g/mol. The summed E-state index contributed by atoms with van der Waals surface area (Å²) >= 11 is 0. The lowest BCUT2D eigenvalue weighted by Gasteiger charge is -2.32. The lowest BCUT2D eigenvalue weighted by atomic mass is 10.00. The number of hydrogen-bond acceptors (Lipinski definition) is 2. The third-order valence-corrected chi connectivity index (χ3v) is 4.35. The highest BCUT2D eigenvalue weighted by Gasteiger charge is 2.21. The Morgan fingerprint density at radius 3 is 2.90 bits per heavy atom. The molecule has 1 aromatic rings. The Labute approximate surface area is 128 Å². The van der Waals surface area contributed by atoms with E-state index >= 15 is 0 Å². The van der Waals surface area contributed by atoms with Gasteiger partial charge in [0, 0.05) is 38.3 Å². The first-order valence-electron chi connectivity index (χ1n) is 8.19. The van der Waals surface area contributed by atoms with Crippen molar-refractivity contribution in [3.8, 4) is 0 Å². The molecule has 2 rings (SSSR count). The molecule has 0 spiro atoms. The number of carbonyl (C=O) groups is 1. The van der Waals surface area contributed by atoms with Gasteiger partial charge in [0.2, 0.25) is 5.91 Å². The van der Waals surface area contributed by atoms with Crippen molar-refractivity contribution < 1.29 is 4.79 Å². The second kappa shape index (κ2) is 7.48. The lowest BCUT2D eigenvalue weighted by molar-refractivity contribution is -0.132. The summed E-state index contributed by atoms with van der Waals surface area (Å²) in [6.07, 6.45) is 3.03. The van der Waals surface area contributed by atoms with Crippen molar-refractivity contribution in [1.29, 1.82) is 0 Å². The van der Waals surface area contributed by atoms with Gasteiger partial charge >= 0.3 is 0 Å².